The molecule has 0 bridgehead atoms. The second-order valence-electron chi connectivity index (χ2n) is 6.31. The Balaban J connectivity index is 1.78. The zero-order chi connectivity index (χ0) is 20.2. The number of carbonyl (C=O) groups is 1. The highest BCUT2D eigenvalue weighted by atomic mass is 32.1. The van der Waals surface area contributed by atoms with E-state index in [1.165, 1.54) is 4.68 Å². The van der Waals surface area contributed by atoms with Gasteiger partial charge < -0.3 is 4.74 Å². The van der Waals surface area contributed by atoms with Crippen molar-refractivity contribution in [2.75, 3.05) is 12.0 Å². The molecule has 0 aliphatic carbocycles. The molecule has 4 rings (SSSR count). The van der Waals surface area contributed by atoms with Crippen LogP contribution in [0.25, 0.3) is 10.9 Å². The fraction of sp³-hybridized carbons (Fsp3) is 0.136. The third-order valence-corrected chi connectivity index (χ3v) is 5.28. The van der Waals surface area contributed by atoms with Crippen molar-refractivity contribution in [3.63, 3.8) is 0 Å². The SMILES string of the molecule is CCOc1ccccc1C(=O)Nn1c(Cc2cccs2)nc2ccccc2c1=O. The van der Waals surface area contributed by atoms with Crippen LogP contribution in [0, 0.1) is 0 Å². The molecule has 1 amide bonds. The van der Waals surface area contributed by atoms with E-state index in [0.29, 0.717) is 41.1 Å². The van der Waals surface area contributed by atoms with E-state index < -0.39 is 5.91 Å². The van der Waals surface area contributed by atoms with E-state index >= 15 is 0 Å². The molecule has 2 aromatic heterocycles. The van der Waals surface area contributed by atoms with Crippen molar-refractivity contribution in [3.8, 4) is 5.75 Å². The Morgan fingerprint density at radius 1 is 1.10 bits per heavy atom. The van der Waals surface area contributed by atoms with Crippen molar-refractivity contribution < 1.29 is 9.53 Å². The number of rotatable bonds is 6. The van der Waals surface area contributed by atoms with Gasteiger partial charge in [0.25, 0.3) is 11.5 Å². The summed E-state index contributed by atoms with van der Waals surface area (Å²) in [5, 5.41) is 2.41. The van der Waals surface area contributed by atoms with Crippen LogP contribution >= 0.6 is 11.3 Å². The van der Waals surface area contributed by atoms with E-state index in [0.717, 1.165) is 4.88 Å². The molecule has 6 nitrogen and oxygen atoms in total. The number of nitrogens with one attached hydrogen (secondary N) is 1. The minimum atomic E-state index is -0.430. The summed E-state index contributed by atoms with van der Waals surface area (Å²) in [6, 6.07) is 18.0. The second-order valence-corrected chi connectivity index (χ2v) is 7.34. The number of amides is 1. The van der Waals surface area contributed by atoms with Crippen LogP contribution in [0.15, 0.2) is 70.8 Å². The molecule has 0 fully saturated rings. The van der Waals surface area contributed by atoms with E-state index in [1.807, 2.05) is 30.5 Å². The Morgan fingerprint density at radius 2 is 1.90 bits per heavy atom. The van der Waals surface area contributed by atoms with Crippen LogP contribution in [0.3, 0.4) is 0 Å². The Bertz CT molecular complexity index is 1220. The monoisotopic (exact) mass is 405 g/mol. The number of aromatic nitrogens is 2. The molecule has 7 heteroatoms. The molecule has 0 saturated carbocycles. The predicted octanol–water partition coefficient (Wildman–Crippen LogP) is 3.83. The molecule has 0 aliphatic rings. The zero-order valence-electron chi connectivity index (χ0n) is 15.8. The first kappa shape index (κ1) is 18.9. The van der Waals surface area contributed by atoms with Crippen molar-refractivity contribution in [2.45, 2.75) is 13.3 Å². The molecule has 29 heavy (non-hydrogen) atoms. The Labute approximate surface area is 171 Å². The summed E-state index contributed by atoms with van der Waals surface area (Å²) in [7, 11) is 0. The van der Waals surface area contributed by atoms with E-state index in [9.17, 15) is 9.59 Å². The third-order valence-electron chi connectivity index (χ3n) is 4.40. The highest BCUT2D eigenvalue weighted by molar-refractivity contribution is 7.09. The van der Waals surface area contributed by atoms with E-state index in [4.69, 9.17) is 4.74 Å². The summed E-state index contributed by atoms with van der Waals surface area (Å²) in [5.41, 5.74) is 3.37. The summed E-state index contributed by atoms with van der Waals surface area (Å²) >= 11 is 1.57. The van der Waals surface area contributed by atoms with Crippen LogP contribution in [0.4, 0.5) is 0 Å². The quantitative estimate of drug-likeness (QED) is 0.529. The lowest BCUT2D eigenvalue weighted by Crippen LogP contribution is -2.36. The fourth-order valence-electron chi connectivity index (χ4n) is 3.08. The molecule has 4 aromatic rings. The number of hydrogen-bond donors (Lipinski definition) is 1. The van der Waals surface area contributed by atoms with Gasteiger partial charge in [-0.2, -0.15) is 0 Å². The third kappa shape index (κ3) is 3.90. The molecule has 0 radical (unpaired) electrons. The summed E-state index contributed by atoms with van der Waals surface area (Å²) in [6.45, 7) is 2.29. The number of benzene rings is 2. The maximum atomic E-state index is 13.1. The molecular formula is C22H19N3O3S. The summed E-state index contributed by atoms with van der Waals surface area (Å²) < 4.78 is 6.79. The van der Waals surface area contributed by atoms with Gasteiger partial charge in [-0.1, -0.05) is 30.3 Å². The molecule has 0 unspecified atom stereocenters. The van der Waals surface area contributed by atoms with Gasteiger partial charge in [-0.3, -0.25) is 15.0 Å². The molecule has 0 saturated heterocycles. The first-order valence-electron chi connectivity index (χ1n) is 9.23. The minimum absolute atomic E-state index is 0.315. The van der Waals surface area contributed by atoms with Crippen molar-refractivity contribution in [3.05, 3.63) is 92.7 Å². The molecule has 0 spiro atoms. The highest BCUT2D eigenvalue weighted by Gasteiger charge is 2.17. The summed E-state index contributed by atoms with van der Waals surface area (Å²) in [4.78, 5) is 31.8. The maximum Gasteiger partial charge on any atom is 0.280 e. The molecular weight excluding hydrogens is 386 g/mol. The predicted molar refractivity (Wildman–Crippen MR) is 114 cm³/mol. The van der Waals surface area contributed by atoms with E-state index in [2.05, 4.69) is 10.4 Å². The van der Waals surface area contributed by atoms with Gasteiger partial charge in [0, 0.05) is 11.3 Å². The molecule has 2 heterocycles. The fourth-order valence-corrected chi connectivity index (χ4v) is 3.78. The number of fused-ring (bicyclic) bond motifs is 1. The molecule has 1 N–H and O–H groups in total. The first-order valence-corrected chi connectivity index (χ1v) is 10.1. The average Bonchev–Trinajstić information content (AvgIpc) is 3.24. The Kier molecular flexibility index (Phi) is 5.39. The van der Waals surface area contributed by atoms with Crippen LogP contribution in [0.5, 0.6) is 5.75 Å². The largest absolute Gasteiger partial charge is 0.493 e. The number of ether oxygens (including phenoxy) is 1. The van der Waals surface area contributed by atoms with Crippen molar-refractivity contribution in [1.29, 1.82) is 0 Å². The van der Waals surface area contributed by atoms with Gasteiger partial charge in [-0.05, 0) is 42.6 Å². The second kappa shape index (κ2) is 8.28. The van der Waals surface area contributed by atoms with Gasteiger partial charge in [-0.25, -0.2) is 9.66 Å². The Hall–Kier alpha value is -3.45. The number of para-hydroxylation sites is 2. The van der Waals surface area contributed by atoms with Crippen LogP contribution in [-0.2, 0) is 6.42 Å². The highest BCUT2D eigenvalue weighted by Crippen LogP contribution is 2.19. The van der Waals surface area contributed by atoms with Crippen LogP contribution in [0.1, 0.15) is 28.0 Å². The maximum absolute atomic E-state index is 13.1. The summed E-state index contributed by atoms with van der Waals surface area (Å²) in [5.74, 6) is 0.508. The number of hydrogen-bond acceptors (Lipinski definition) is 5. The average molecular weight is 405 g/mol. The first-order chi connectivity index (χ1) is 14.2. The molecule has 2 aromatic carbocycles. The van der Waals surface area contributed by atoms with Crippen molar-refractivity contribution >= 4 is 28.1 Å². The smallest absolute Gasteiger partial charge is 0.280 e. The van der Waals surface area contributed by atoms with Gasteiger partial charge in [0.1, 0.15) is 11.6 Å². The van der Waals surface area contributed by atoms with Gasteiger partial charge in [0.2, 0.25) is 0 Å². The molecule has 0 atom stereocenters. The van der Waals surface area contributed by atoms with E-state index in [-0.39, 0.29) is 5.56 Å². The lowest BCUT2D eigenvalue weighted by atomic mass is 10.2. The van der Waals surface area contributed by atoms with Gasteiger partial charge in [0.05, 0.1) is 23.1 Å². The number of nitrogens with zero attached hydrogens (tertiary/aromatic N) is 2. The zero-order valence-corrected chi connectivity index (χ0v) is 16.6. The number of thiophene rings is 1. The lowest BCUT2D eigenvalue weighted by molar-refractivity contribution is 0.100. The standard InChI is InChI=1S/C22H19N3O3S/c1-2-28-19-12-6-4-10-17(19)21(26)24-25-20(14-15-8-7-13-29-15)23-18-11-5-3-9-16(18)22(25)27/h3-13H,2,14H2,1H3,(H,24,26). The van der Waals surface area contributed by atoms with Crippen LogP contribution < -0.4 is 15.7 Å². The minimum Gasteiger partial charge on any atom is -0.493 e. The molecule has 0 aliphatic heterocycles. The normalized spacial score (nSPS) is 10.8. The lowest BCUT2D eigenvalue weighted by Gasteiger charge is -2.15. The van der Waals surface area contributed by atoms with Crippen molar-refractivity contribution in [2.24, 2.45) is 0 Å². The topological polar surface area (TPSA) is 73.2 Å². The Morgan fingerprint density at radius 3 is 2.69 bits per heavy atom. The molecule has 146 valence electrons. The van der Waals surface area contributed by atoms with Crippen LogP contribution in [0.2, 0.25) is 0 Å². The van der Waals surface area contributed by atoms with Crippen LogP contribution in [-0.4, -0.2) is 22.2 Å². The van der Waals surface area contributed by atoms with E-state index in [1.54, 1.807) is 53.8 Å². The van der Waals surface area contributed by atoms with Gasteiger partial charge in [0.15, 0.2) is 0 Å². The van der Waals surface area contributed by atoms with Gasteiger partial charge in [-0.15, -0.1) is 11.3 Å². The van der Waals surface area contributed by atoms with Crippen molar-refractivity contribution in [1.82, 2.24) is 9.66 Å². The van der Waals surface area contributed by atoms with Gasteiger partial charge >= 0.3 is 0 Å². The summed E-state index contributed by atoms with van der Waals surface area (Å²) in [6.07, 6.45) is 0.436. The number of carbonyl (C=O) groups excluding carboxylic acids is 1.